The van der Waals surface area contributed by atoms with Gasteiger partial charge in [-0.1, -0.05) is 11.8 Å². The van der Waals surface area contributed by atoms with Crippen LogP contribution in [-0.4, -0.2) is 23.9 Å². The molecule has 0 saturated heterocycles. The van der Waals surface area contributed by atoms with Crippen molar-refractivity contribution in [1.29, 1.82) is 0 Å². The summed E-state index contributed by atoms with van der Waals surface area (Å²) in [4.78, 5) is 0. The summed E-state index contributed by atoms with van der Waals surface area (Å²) in [5.74, 6) is 0. The fourth-order valence-electron chi connectivity index (χ4n) is 0.243. The van der Waals surface area contributed by atoms with Crippen LogP contribution in [0.15, 0.2) is 0 Å². The van der Waals surface area contributed by atoms with Gasteiger partial charge in [-0.15, -0.1) is 0 Å². The number of alkyl halides is 6. The van der Waals surface area contributed by atoms with Crippen LogP contribution in [0.3, 0.4) is 0 Å². The van der Waals surface area contributed by atoms with Crippen LogP contribution in [0, 0.1) is 0 Å². The summed E-state index contributed by atoms with van der Waals surface area (Å²) >= 11 is -0.718. The third-order valence-corrected chi connectivity index (χ3v) is 1.59. The van der Waals surface area contributed by atoms with Crippen molar-refractivity contribution in [3.63, 3.8) is 0 Å². The zero-order chi connectivity index (χ0) is 9.02. The molecule has 11 heavy (non-hydrogen) atoms. The first-order valence-electron chi connectivity index (χ1n) is 2.45. The maximum atomic E-state index is 11.8. The molecule has 0 heterocycles. The predicted octanol–water partition coefficient (Wildman–Crippen LogP) is 2.84. The smallest absolute Gasteiger partial charge is 0.229 e. The van der Waals surface area contributed by atoms with Gasteiger partial charge in [0.15, 0.2) is 0 Å². The Balaban J connectivity index is 3.66. The summed E-state index contributed by atoms with van der Waals surface area (Å²) in [5.41, 5.74) is -5.78. The molecule has 0 saturated carbocycles. The van der Waals surface area contributed by atoms with Crippen molar-refractivity contribution >= 4 is 11.8 Å². The Morgan fingerprint density at radius 3 is 1.09 bits per heavy atom. The van der Waals surface area contributed by atoms with E-state index in [4.69, 9.17) is 0 Å². The van der Waals surface area contributed by atoms with Gasteiger partial charge < -0.3 is 0 Å². The second-order valence-corrected chi connectivity index (χ2v) is 2.68. The molecule has 0 N–H and O–H groups in total. The van der Waals surface area contributed by atoms with E-state index in [1.165, 1.54) is 0 Å². The van der Waals surface area contributed by atoms with E-state index in [9.17, 15) is 26.3 Å². The standard InChI is InChI=1S/C4H4F6S/c5-1(6)3(9)11-4(10)2(7)8/h1-4H. The van der Waals surface area contributed by atoms with Crippen molar-refractivity contribution in [3.05, 3.63) is 0 Å². The van der Waals surface area contributed by atoms with Crippen LogP contribution in [-0.2, 0) is 0 Å². The van der Waals surface area contributed by atoms with Crippen molar-refractivity contribution in [2.75, 3.05) is 0 Å². The highest BCUT2D eigenvalue weighted by molar-refractivity contribution is 8.00. The average Bonchev–Trinajstić information content (AvgIpc) is 1.87. The lowest BCUT2D eigenvalue weighted by molar-refractivity contribution is 0.0804. The molecule has 0 aromatic rings. The number of thioether (sulfide) groups is 1. The van der Waals surface area contributed by atoms with Gasteiger partial charge in [-0.2, -0.15) is 0 Å². The molecule has 0 aliphatic heterocycles. The molecule has 0 spiro atoms. The van der Waals surface area contributed by atoms with Gasteiger partial charge in [0.1, 0.15) is 0 Å². The SMILES string of the molecule is FC(F)C(F)SC(F)C(F)F. The van der Waals surface area contributed by atoms with E-state index in [0.29, 0.717) is 0 Å². The number of rotatable bonds is 4. The molecule has 0 aromatic carbocycles. The Bertz CT molecular complexity index is 94.8. The van der Waals surface area contributed by atoms with Gasteiger partial charge >= 0.3 is 0 Å². The number of halogens is 6. The molecule has 0 aliphatic carbocycles. The normalized spacial score (nSPS) is 17.5. The molecule has 0 rings (SSSR count). The van der Waals surface area contributed by atoms with E-state index in [1.807, 2.05) is 0 Å². The minimum atomic E-state index is -3.43. The van der Waals surface area contributed by atoms with Gasteiger partial charge in [-0.05, 0) is 0 Å². The first-order valence-corrected chi connectivity index (χ1v) is 3.39. The van der Waals surface area contributed by atoms with Gasteiger partial charge in [0.25, 0.3) is 12.9 Å². The number of hydrogen-bond donors (Lipinski definition) is 0. The molecule has 0 fully saturated rings. The molecular weight excluding hydrogens is 194 g/mol. The first kappa shape index (κ1) is 10.9. The Labute approximate surface area is 63.0 Å². The molecule has 0 nitrogen and oxygen atoms in total. The minimum Gasteiger partial charge on any atom is -0.229 e. The first-order chi connectivity index (χ1) is 4.95. The molecule has 0 amide bonds. The lowest BCUT2D eigenvalue weighted by atomic mass is 10.8. The van der Waals surface area contributed by atoms with Crippen LogP contribution in [0.1, 0.15) is 0 Å². The fraction of sp³-hybridized carbons (Fsp3) is 1.00. The van der Waals surface area contributed by atoms with E-state index < -0.39 is 35.6 Å². The summed E-state index contributed by atoms with van der Waals surface area (Å²) in [7, 11) is 0. The van der Waals surface area contributed by atoms with Crippen molar-refractivity contribution in [2.45, 2.75) is 23.9 Å². The lowest BCUT2D eigenvalue weighted by Gasteiger charge is -2.09. The van der Waals surface area contributed by atoms with Crippen LogP contribution < -0.4 is 0 Å². The summed E-state index contributed by atoms with van der Waals surface area (Å²) in [6.07, 6.45) is -6.87. The molecule has 2 unspecified atom stereocenters. The molecular formula is C4H4F6S. The zero-order valence-corrected chi connectivity index (χ0v) is 5.80. The topological polar surface area (TPSA) is 0 Å². The lowest BCUT2D eigenvalue weighted by Crippen LogP contribution is -2.16. The third-order valence-electron chi connectivity index (χ3n) is 0.656. The molecule has 7 heteroatoms. The average molecular weight is 198 g/mol. The highest BCUT2D eigenvalue weighted by Gasteiger charge is 2.29. The van der Waals surface area contributed by atoms with E-state index in [2.05, 4.69) is 0 Å². The number of hydrogen-bond acceptors (Lipinski definition) is 1. The Kier molecular flexibility index (Phi) is 4.71. The van der Waals surface area contributed by atoms with E-state index in [-0.39, 0.29) is 0 Å². The molecule has 2 atom stereocenters. The maximum Gasteiger partial charge on any atom is 0.278 e. The second kappa shape index (κ2) is 4.74. The Morgan fingerprint density at radius 2 is 0.909 bits per heavy atom. The molecule has 0 bridgehead atoms. The predicted molar refractivity (Wildman–Crippen MR) is 29.4 cm³/mol. The van der Waals surface area contributed by atoms with Gasteiger partial charge in [0.2, 0.25) is 11.0 Å². The Morgan fingerprint density at radius 1 is 0.636 bits per heavy atom. The van der Waals surface area contributed by atoms with Gasteiger partial charge in [-0.25, -0.2) is 26.3 Å². The van der Waals surface area contributed by atoms with Crippen molar-refractivity contribution in [2.24, 2.45) is 0 Å². The molecule has 0 aliphatic rings. The van der Waals surface area contributed by atoms with Gasteiger partial charge in [0, 0.05) is 0 Å². The molecule has 0 radical (unpaired) electrons. The second-order valence-electron chi connectivity index (χ2n) is 1.51. The third kappa shape index (κ3) is 4.39. The quantitative estimate of drug-likeness (QED) is 0.626. The fourth-order valence-corrected chi connectivity index (χ4v) is 0.729. The molecule has 0 aromatic heterocycles. The summed E-state index contributed by atoms with van der Waals surface area (Å²) < 4.78 is 68.5. The largest absolute Gasteiger partial charge is 0.278 e. The Hall–Kier alpha value is -0.0700. The van der Waals surface area contributed by atoms with Crippen LogP contribution in [0.4, 0.5) is 26.3 Å². The van der Waals surface area contributed by atoms with Crippen molar-refractivity contribution in [1.82, 2.24) is 0 Å². The van der Waals surface area contributed by atoms with E-state index in [1.54, 1.807) is 0 Å². The minimum absolute atomic E-state index is 0.718. The summed E-state index contributed by atoms with van der Waals surface area (Å²) in [5, 5.41) is 0. The monoisotopic (exact) mass is 198 g/mol. The summed E-state index contributed by atoms with van der Waals surface area (Å²) in [6.45, 7) is 0. The van der Waals surface area contributed by atoms with Gasteiger partial charge in [0.05, 0.1) is 0 Å². The highest BCUT2D eigenvalue weighted by atomic mass is 32.2. The van der Waals surface area contributed by atoms with Gasteiger partial charge in [-0.3, -0.25) is 0 Å². The van der Waals surface area contributed by atoms with Crippen LogP contribution in [0.5, 0.6) is 0 Å². The van der Waals surface area contributed by atoms with E-state index >= 15 is 0 Å². The van der Waals surface area contributed by atoms with Crippen LogP contribution in [0.25, 0.3) is 0 Å². The highest BCUT2D eigenvalue weighted by Crippen LogP contribution is 2.28. The van der Waals surface area contributed by atoms with Crippen LogP contribution in [0.2, 0.25) is 0 Å². The zero-order valence-electron chi connectivity index (χ0n) is 4.99. The van der Waals surface area contributed by atoms with Crippen molar-refractivity contribution < 1.29 is 26.3 Å². The van der Waals surface area contributed by atoms with Crippen molar-refractivity contribution in [3.8, 4) is 0 Å². The van der Waals surface area contributed by atoms with E-state index in [0.717, 1.165) is 0 Å². The maximum absolute atomic E-state index is 11.8. The van der Waals surface area contributed by atoms with Crippen LogP contribution >= 0.6 is 11.8 Å². The summed E-state index contributed by atoms with van der Waals surface area (Å²) in [6, 6.07) is 0. The molecule has 68 valence electrons.